The molecule has 0 bridgehead atoms. The van der Waals surface area contributed by atoms with Crippen molar-refractivity contribution in [3.63, 3.8) is 0 Å². The molecule has 0 fully saturated rings. The molecule has 3 aromatic rings. The number of hydrogen-bond donors (Lipinski definition) is 1. The van der Waals surface area contributed by atoms with Crippen molar-refractivity contribution >= 4 is 39.1 Å². The molecule has 0 aliphatic carbocycles. The number of anilines is 1. The van der Waals surface area contributed by atoms with Gasteiger partial charge in [0.15, 0.2) is 0 Å². The Hall–Kier alpha value is -3.76. The third kappa shape index (κ3) is 7.21. The van der Waals surface area contributed by atoms with Crippen LogP contribution < -0.4 is 19.1 Å². The Morgan fingerprint density at radius 2 is 1.54 bits per heavy atom. The molecular formula is C28H32ClN3O6S. The molecule has 0 aliphatic heterocycles. The molecule has 0 aliphatic rings. The Balaban J connectivity index is 2.04. The minimum absolute atomic E-state index is 0.0314. The number of ether oxygens (including phenoxy) is 2. The van der Waals surface area contributed by atoms with Gasteiger partial charge in [-0.2, -0.15) is 0 Å². The third-order valence-electron chi connectivity index (χ3n) is 6.17. The number of sulfonamides is 1. The van der Waals surface area contributed by atoms with Crippen LogP contribution in [0.15, 0.2) is 77.7 Å². The van der Waals surface area contributed by atoms with E-state index < -0.39 is 28.5 Å². The van der Waals surface area contributed by atoms with Gasteiger partial charge in [-0.05, 0) is 66.6 Å². The Morgan fingerprint density at radius 1 is 0.949 bits per heavy atom. The molecule has 208 valence electrons. The highest BCUT2D eigenvalue weighted by molar-refractivity contribution is 7.92. The van der Waals surface area contributed by atoms with Crippen molar-refractivity contribution in [2.24, 2.45) is 0 Å². The van der Waals surface area contributed by atoms with Gasteiger partial charge in [-0.1, -0.05) is 36.7 Å². The van der Waals surface area contributed by atoms with Gasteiger partial charge in [0.2, 0.25) is 11.8 Å². The van der Waals surface area contributed by atoms with Crippen LogP contribution in [0.2, 0.25) is 5.02 Å². The van der Waals surface area contributed by atoms with E-state index in [1.54, 1.807) is 56.5 Å². The van der Waals surface area contributed by atoms with Crippen LogP contribution in [0.3, 0.4) is 0 Å². The van der Waals surface area contributed by atoms with Crippen LogP contribution in [0, 0.1) is 0 Å². The molecule has 1 N–H and O–H groups in total. The molecule has 0 saturated heterocycles. The first-order valence-corrected chi connectivity index (χ1v) is 14.0. The zero-order valence-corrected chi connectivity index (χ0v) is 23.8. The predicted molar refractivity (Wildman–Crippen MR) is 151 cm³/mol. The summed E-state index contributed by atoms with van der Waals surface area (Å²) in [6.07, 6.45) is 0.323. The maximum absolute atomic E-state index is 13.9. The number of likely N-dealkylation sites (N-methyl/N-ethyl adjacent to an activating group) is 1. The van der Waals surface area contributed by atoms with Gasteiger partial charge in [-0.3, -0.25) is 13.9 Å². The van der Waals surface area contributed by atoms with Gasteiger partial charge in [-0.25, -0.2) is 8.42 Å². The van der Waals surface area contributed by atoms with Crippen LogP contribution in [0.25, 0.3) is 0 Å². The minimum Gasteiger partial charge on any atom is -0.497 e. The van der Waals surface area contributed by atoms with Crippen LogP contribution in [0.5, 0.6) is 11.5 Å². The average Bonchev–Trinajstić information content (AvgIpc) is 2.95. The summed E-state index contributed by atoms with van der Waals surface area (Å²) >= 11 is 6.19. The van der Waals surface area contributed by atoms with Gasteiger partial charge in [0.05, 0.1) is 24.8 Å². The standard InChI is InChI=1S/C28H32ClN3O6S/c1-5-26(28(34)30-2)31(18-20-9-11-23(37-3)12-10-20)27(33)19-32(22-8-6-7-21(29)17-22)39(35,36)25-15-13-24(38-4)14-16-25/h6-17,26H,5,18-19H2,1-4H3,(H,30,34). The smallest absolute Gasteiger partial charge is 0.264 e. The van der Waals surface area contributed by atoms with Crippen molar-refractivity contribution in [3.05, 3.63) is 83.4 Å². The van der Waals surface area contributed by atoms with E-state index in [1.165, 1.54) is 49.4 Å². The zero-order chi connectivity index (χ0) is 28.6. The van der Waals surface area contributed by atoms with Crippen LogP contribution in [0.4, 0.5) is 5.69 Å². The first-order chi connectivity index (χ1) is 18.6. The molecule has 39 heavy (non-hydrogen) atoms. The monoisotopic (exact) mass is 573 g/mol. The second-order valence-electron chi connectivity index (χ2n) is 8.58. The number of carbonyl (C=O) groups excluding carboxylic acids is 2. The third-order valence-corrected chi connectivity index (χ3v) is 8.19. The molecule has 0 aromatic heterocycles. The number of nitrogens with zero attached hydrogens (tertiary/aromatic N) is 2. The molecule has 2 amide bonds. The highest BCUT2D eigenvalue weighted by Crippen LogP contribution is 2.28. The zero-order valence-electron chi connectivity index (χ0n) is 22.3. The summed E-state index contributed by atoms with van der Waals surface area (Å²) in [6.45, 7) is 1.32. The number of benzene rings is 3. The summed E-state index contributed by atoms with van der Waals surface area (Å²) in [7, 11) is 0.317. The molecule has 11 heteroatoms. The van der Waals surface area contributed by atoms with Crippen molar-refractivity contribution in [3.8, 4) is 11.5 Å². The highest BCUT2D eigenvalue weighted by atomic mass is 35.5. The van der Waals surface area contributed by atoms with Crippen molar-refractivity contribution < 1.29 is 27.5 Å². The SMILES string of the molecule is CCC(C(=O)NC)N(Cc1ccc(OC)cc1)C(=O)CN(c1cccc(Cl)c1)S(=O)(=O)c1ccc(OC)cc1. The molecule has 0 heterocycles. The molecule has 0 spiro atoms. The quantitative estimate of drug-likeness (QED) is 0.350. The molecule has 0 saturated carbocycles. The van der Waals surface area contributed by atoms with Crippen molar-refractivity contribution in [2.75, 3.05) is 32.1 Å². The summed E-state index contributed by atoms with van der Waals surface area (Å²) < 4.78 is 39.0. The second-order valence-corrected chi connectivity index (χ2v) is 10.9. The lowest BCUT2D eigenvalue weighted by Crippen LogP contribution is -2.51. The van der Waals surface area contributed by atoms with E-state index in [9.17, 15) is 18.0 Å². The summed E-state index contributed by atoms with van der Waals surface area (Å²) in [6, 6.07) is 18.4. The van der Waals surface area contributed by atoms with Gasteiger partial charge in [0.25, 0.3) is 10.0 Å². The Labute approximate surface area is 234 Å². The fourth-order valence-electron chi connectivity index (χ4n) is 4.05. The first kappa shape index (κ1) is 29.8. The first-order valence-electron chi connectivity index (χ1n) is 12.2. The summed E-state index contributed by atoms with van der Waals surface area (Å²) in [5, 5.41) is 2.91. The Morgan fingerprint density at radius 3 is 2.05 bits per heavy atom. The fraction of sp³-hybridized carbons (Fsp3) is 0.286. The lowest BCUT2D eigenvalue weighted by Gasteiger charge is -2.33. The average molecular weight is 574 g/mol. The number of hydrogen-bond acceptors (Lipinski definition) is 6. The number of halogens is 1. The molecule has 1 unspecified atom stereocenters. The largest absolute Gasteiger partial charge is 0.497 e. The van der Waals surface area contributed by atoms with E-state index in [0.29, 0.717) is 22.9 Å². The van der Waals surface area contributed by atoms with E-state index in [1.807, 2.05) is 0 Å². The van der Waals surface area contributed by atoms with Gasteiger partial charge in [0.1, 0.15) is 24.1 Å². The van der Waals surface area contributed by atoms with Gasteiger partial charge < -0.3 is 19.7 Å². The van der Waals surface area contributed by atoms with Crippen molar-refractivity contribution in [1.82, 2.24) is 10.2 Å². The van der Waals surface area contributed by atoms with Crippen LogP contribution in [-0.2, 0) is 26.2 Å². The normalized spacial score (nSPS) is 11.8. The maximum atomic E-state index is 13.9. The van der Waals surface area contributed by atoms with E-state index in [4.69, 9.17) is 21.1 Å². The summed E-state index contributed by atoms with van der Waals surface area (Å²) in [5.74, 6) is 0.221. The van der Waals surface area contributed by atoms with Gasteiger partial charge in [0, 0.05) is 18.6 Å². The highest BCUT2D eigenvalue weighted by Gasteiger charge is 2.33. The number of amides is 2. The molecule has 1 atom stereocenters. The topological polar surface area (TPSA) is 105 Å². The van der Waals surface area contributed by atoms with E-state index in [-0.39, 0.29) is 23.0 Å². The second kappa shape index (κ2) is 13.3. The molecule has 0 radical (unpaired) electrons. The number of carbonyl (C=O) groups is 2. The lowest BCUT2D eigenvalue weighted by atomic mass is 10.1. The molecular weight excluding hydrogens is 542 g/mol. The van der Waals surface area contributed by atoms with E-state index in [2.05, 4.69) is 5.32 Å². The Bertz CT molecular complexity index is 1380. The van der Waals surface area contributed by atoms with Gasteiger partial charge in [-0.15, -0.1) is 0 Å². The van der Waals surface area contributed by atoms with E-state index in [0.717, 1.165) is 9.87 Å². The fourth-order valence-corrected chi connectivity index (χ4v) is 5.64. The van der Waals surface area contributed by atoms with Crippen LogP contribution in [0.1, 0.15) is 18.9 Å². The van der Waals surface area contributed by atoms with Crippen LogP contribution in [-0.4, -0.2) is 59.0 Å². The molecule has 3 aromatic carbocycles. The van der Waals surface area contributed by atoms with Gasteiger partial charge >= 0.3 is 0 Å². The number of rotatable bonds is 12. The van der Waals surface area contributed by atoms with Crippen molar-refractivity contribution in [2.45, 2.75) is 30.8 Å². The Kier molecular flexibility index (Phi) is 10.2. The maximum Gasteiger partial charge on any atom is 0.264 e. The van der Waals surface area contributed by atoms with Crippen molar-refractivity contribution in [1.29, 1.82) is 0 Å². The summed E-state index contributed by atoms with van der Waals surface area (Å²) in [5.41, 5.74) is 0.961. The van der Waals surface area contributed by atoms with Crippen LogP contribution >= 0.6 is 11.6 Å². The lowest BCUT2D eigenvalue weighted by molar-refractivity contribution is -0.140. The van der Waals surface area contributed by atoms with E-state index >= 15 is 0 Å². The number of nitrogens with one attached hydrogen (secondary N) is 1. The number of methoxy groups -OCH3 is 2. The summed E-state index contributed by atoms with van der Waals surface area (Å²) in [4.78, 5) is 28.0. The molecule has 3 rings (SSSR count). The predicted octanol–water partition coefficient (Wildman–Crippen LogP) is 4.11. The molecule has 9 nitrogen and oxygen atoms in total. The minimum atomic E-state index is -4.21.